The standard InChI is InChI=1S/C48H32N2O/c1-3-12-33(13-4-1)34-22-26-37(27-23-34)49(39-30-31-43-42-17-8-10-21-46(42)51-47(43)32-39)38-28-24-35(25-29-38)40-18-11-19-44-41-16-7-9-20-45(41)50(48(40)44)36-14-5-2-6-15-36/h1-32H. The van der Waals surface area contributed by atoms with E-state index in [4.69, 9.17) is 4.42 Å². The average molecular weight is 653 g/mol. The molecule has 3 heteroatoms. The van der Waals surface area contributed by atoms with Crippen molar-refractivity contribution in [3.05, 3.63) is 194 Å². The summed E-state index contributed by atoms with van der Waals surface area (Å²) in [7, 11) is 0. The number of furan rings is 1. The predicted molar refractivity (Wildman–Crippen MR) is 214 cm³/mol. The monoisotopic (exact) mass is 652 g/mol. The van der Waals surface area contributed by atoms with Crippen molar-refractivity contribution in [3.8, 4) is 27.9 Å². The number of para-hydroxylation sites is 4. The van der Waals surface area contributed by atoms with E-state index < -0.39 is 0 Å². The largest absolute Gasteiger partial charge is 0.456 e. The molecule has 2 aromatic heterocycles. The van der Waals surface area contributed by atoms with Crippen molar-refractivity contribution < 1.29 is 4.42 Å². The molecule has 10 rings (SSSR count). The number of fused-ring (bicyclic) bond motifs is 6. The molecule has 51 heavy (non-hydrogen) atoms. The third kappa shape index (κ3) is 4.90. The number of rotatable bonds is 6. The van der Waals surface area contributed by atoms with Gasteiger partial charge in [0.2, 0.25) is 0 Å². The molecule has 0 amide bonds. The van der Waals surface area contributed by atoms with E-state index >= 15 is 0 Å². The van der Waals surface area contributed by atoms with Gasteiger partial charge in [-0.05, 0) is 77.4 Å². The number of aromatic nitrogens is 1. The van der Waals surface area contributed by atoms with E-state index in [9.17, 15) is 0 Å². The van der Waals surface area contributed by atoms with Gasteiger partial charge in [0.1, 0.15) is 11.2 Å². The molecule has 8 aromatic carbocycles. The second-order valence-electron chi connectivity index (χ2n) is 13.0. The normalized spacial score (nSPS) is 11.5. The van der Waals surface area contributed by atoms with Crippen molar-refractivity contribution >= 4 is 60.8 Å². The van der Waals surface area contributed by atoms with E-state index in [0.717, 1.165) is 50.3 Å². The second-order valence-corrected chi connectivity index (χ2v) is 13.0. The van der Waals surface area contributed by atoms with Crippen LogP contribution in [0.5, 0.6) is 0 Å². The summed E-state index contributed by atoms with van der Waals surface area (Å²) in [5.74, 6) is 0. The molecule has 240 valence electrons. The first-order chi connectivity index (χ1) is 25.3. The van der Waals surface area contributed by atoms with Gasteiger partial charge in [-0.15, -0.1) is 0 Å². The number of benzene rings is 8. The summed E-state index contributed by atoms with van der Waals surface area (Å²) in [5.41, 5.74) is 13.3. The van der Waals surface area contributed by atoms with Gasteiger partial charge in [0.15, 0.2) is 0 Å². The van der Waals surface area contributed by atoms with Crippen LogP contribution in [0.15, 0.2) is 199 Å². The Labute approximate surface area is 295 Å². The first-order valence-electron chi connectivity index (χ1n) is 17.4. The average Bonchev–Trinajstić information content (AvgIpc) is 3.75. The zero-order valence-corrected chi connectivity index (χ0v) is 27.8. The van der Waals surface area contributed by atoms with Gasteiger partial charge < -0.3 is 13.9 Å². The smallest absolute Gasteiger partial charge is 0.137 e. The number of hydrogen-bond donors (Lipinski definition) is 0. The fourth-order valence-electron chi connectivity index (χ4n) is 7.62. The van der Waals surface area contributed by atoms with Crippen molar-refractivity contribution in [2.45, 2.75) is 0 Å². The first kappa shape index (κ1) is 29.1. The van der Waals surface area contributed by atoms with Crippen molar-refractivity contribution in [2.24, 2.45) is 0 Å². The predicted octanol–water partition coefficient (Wildman–Crippen LogP) is 13.5. The van der Waals surface area contributed by atoms with E-state index in [1.54, 1.807) is 0 Å². The fraction of sp³-hybridized carbons (Fsp3) is 0. The Morgan fingerprint density at radius 2 is 0.941 bits per heavy atom. The molecule has 0 radical (unpaired) electrons. The minimum atomic E-state index is 0.872. The van der Waals surface area contributed by atoms with Gasteiger partial charge in [-0.2, -0.15) is 0 Å². The minimum Gasteiger partial charge on any atom is -0.456 e. The zero-order valence-electron chi connectivity index (χ0n) is 27.8. The van der Waals surface area contributed by atoms with Crippen LogP contribution in [0.3, 0.4) is 0 Å². The van der Waals surface area contributed by atoms with Crippen molar-refractivity contribution in [1.82, 2.24) is 4.57 Å². The maximum absolute atomic E-state index is 6.35. The molecule has 0 spiro atoms. The molecule has 0 bridgehead atoms. The van der Waals surface area contributed by atoms with E-state index in [0.29, 0.717) is 0 Å². The lowest BCUT2D eigenvalue weighted by molar-refractivity contribution is 0.669. The quantitative estimate of drug-likeness (QED) is 0.178. The molecule has 10 aromatic rings. The maximum atomic E-state index is 6.35. The Bertz CT molecular complexity index is 2830. The van der Waals surface area contributed by atoms with E-state index in [2.05, 4.69) is 191 Å². The molecular formula is C48H32N2O. The Kier molecular flexibility index (Phi) is 6.81. The van der Waals surface area contributed by atoms with Crippen LogP contribution in [0.1, 0.15) is 0 Å². The molecule has 3 nitrogen and oxygen atoms in total. The van der Waals surface area contributed by atoms with Gasteiger partial charge in [0, 0.05) is 55.9 Å². The van der Waals surface area contributed by atoms with Gasteiger partial charge in [-0.1, -0.05) is 127 Å². The number of nitrogens with zero attached hydrogens (tertiary/aromatic N) is 2. The Morgan fingerprint density at radius 3 is 1.71 bits per heavy atom. The van der Waals surface area contributed by atoms with Crippen LogP contribution in [-0.4, -0.2) is 4.57 Å². The molecule has 0 aliphatic heterocycles. The van der Waals surface area contributed by atoms with Crippen LogP contribution in [0.2, 0.25) is 0 Å². The van der Waals surface area contributed by atoms with Crippen LogP contribution in [0.25, 0.3) is 71.7 Å². The Hall–Kier alpha value is -6.84. The van der Waals surface area contributed by atoms with Gasteiger partial charge in [0.25, 0.3) is 0 Å². The highest BCUT2D eigenvalue weighted by Gasteiger charge is 2.19. The highest BCUT2D eigenvalue weighted by atomic mass is 16.3. The molecule has 0 aliphatic rings. The van der Waals surface area contributed by atoms with Crippen LogP contribution < -0.4 is 4.90 Å². The SMILES string of the molecule is c1ccc(-c2ccc(N(c3ccc(-c4cccc5c6ccccc6n(-c6ccccc6)c45)cc3)c3ccc4c(c3)oc3ccccc34)cc2)cc1. The third-order valence-electron chi connectivity index (χ3n) is 10.00. The fourth-order valence-corrected chi connectivity index (χ4v) is 7.62. The number of anilines is 3. The van der Waals surface area contributed by atoms with E-state index in [-0.39, 0.29) is 0 Å². The summed E-state index contributed by atoms with van der Waals surface area (Å²) in [6, 6.07) is 69.1. The Morgan fingerprint density at radius 1 is 0.373 bits per heavy atom. The molecule has 0 fully saturated rings. The van der Waals surface area contributed by atoms with Crippen LogP contribution in [0.4, 0.5) is 17.1 Å². The summed E-state index contributed by atoms with van der Waals surface area (Å²) in [6.07, 6.45) is 0. The lowest BCUT2D eigenvalue weighted by atomic mass is 10.0. The van der Waals surface area contributed by atoms with Gasteiger partial charge >= 0.3 is 0 Å². The van der Waals surface area contributed by atoms with Crippen LogP contribution in [0, 0.1) is 0 Å². The lowest BCUT2D eigenvalue weighted by Crippen LogP contribution is -2.09. The van der Waals surface area contributed by atoms with Gasteiger partial charge in [-0.25, -0.2) is 0 Å². The molecule has 0 atom stereocenters. The molecule has 0 N–H and O–H groups in total. The minimum absolute atomic E-state index is 0.872. The molecule has 0 unspecified atom stereocenters. The molecular weight excluding hydrogens is 621 g/mol. The summed E-state index contributed by atoms with van der Waals surface area (Å²) < 4.78 is 8.75. The lowest BCUT2D eigenvalue weighted by Gasteiger charge is -2.26. The summed E-state index contributed by atoms with van der Waals surface area (Å²) >= 11 is 0. The molecule has 0 aliphatic carbocycles. The van der Waals surface area contributed by atoms with E-state index in [1.165, 1.54) is 38.5 Å². The third-order valence-corrected chi connectivity index (χ3v) is 10.00. The van der Waals surface area contributed by atoms with Crippen LogP contribution in [-0.2, 0) is 0 Å². The topological polar surface area (TPSA) is 21.3 Å². The molecule has 0 saturated heterocycles. The second kappa shape index (κ2) is 11.9. The van der Waals surface area contributed by atoms with Crippen LogP contribution >= 0.6 is 0 Å². The van der Waals surface area contributed by atoms with Gasteiger partial charge in [-0.3, -0.25) is 0 Å². The first-order valence-corrected chi connectivity index (χ1v) is 17.4. The van der Waals surface area contributed by atoms with Crippen molar-refractivity contribution in [3.63, 3.8) is 0 Å². The highest BCUT2D eigenvalue weighted by Crippen LogP contribution is 2.42. The Balaban J connectivity index is 1.12. The number of hydrogen-bond acceptors (Lipinski definition) is 2. The van der Waals surface area contributed by atoms with Crippen molar-refractivity contribution in [1.29, 1.82) is 0 Å². The summed E-state index contributed by atoms with van der Waals surface area (Å²) in [6.45, 7) is 0. The maximum Gasteiger partial charge on any atom is 0.137 e. The molecule has 0 saturated carbocycles. The van der Waals surface area contributed by atoms with E-state index in [1.807, 2.05) is 12.1 Å². The highest BCUT2D eigenvalue weighted by molar-refractivity contribution is 6.14. The summed E-state index contributed by atoms with van der Waals surface area (Å²) in [4.78, 5) is 2.31. The summed E-state index contributed by atoms with van der Waals surface area (Å²) in [5, 5.41) is 4.74. The van der Waals surface area contributed by atoms with Gasteiger partial charge in [0.05, 0.1) is 11.0 Å². The van der Waals surface area contributed by atoms with Crippen molar-refractivity contribution in [2.75, 3.05) is 4.90 Å². The zero-order chi connectivity index (χ0) is 33.7. The molecule has 2 heterocycles.